The van der Waals surface area contributed by atoms with Crippen molar-refractivity contribution in [1.82, 2.24) is 0 Å². The molecule has 0 fully saturated rings. The molecule has 164 valence electrons. The summed E-state index contributed by atoms with van der Waals surface area (Å²) in [6.07, 6.45) is 0.0762. The van der Waals surface area contributed by atoms with Crippen LogP contribution in [0.4, 0.5) is 8.78 Å². The molecular formula is C20H17ClF2NO5PS. The fourth-order valence-corrected chi connectivity index (χ4v) is 4.71. The molecule has 0 aliphatic rings. The summed E-state index contributed by atoms with van der Waals surface area (Å²) < 4.78 is 45.1. The van der Waals surface area contributed by atoms with Crippen molar-refractivity contribution in [3.63, 3.8) is 0 Å². The van der Waals surface area contributed by atoms with E-state index in [2.05, 4.69) is 0 Å². The Bertz CT molecular complexity index is 1120. The summed E-state index contributed by atoms with van der Waals surface area (Å²) in [6.45, 7) is 1.97. The molecule has 6 nitrogen and oxygen atoms in total. The maximum atomic E-state index is 14.3. The fraction of sp³-hybridized carbons (Fsp3) is 0.200. The molecule has 0 saturated heterocycles. The number of hydrogen-bond acceptors (Lipinski definition) is 6. The maximum absolute atomic E-state index is 14.3. The van der Waals surface area contributed by atoms with Gasteiger partial charge >= 0.3 is 5.97 Å². The summed E-state index contributed by atoms with van der Waals surface area (Å²) in [6, 6.07) is 6.68. The minimum absolute atomic E-state index is 0.00781. The Balaban J connectivity index is 1.92. The van der Waals surface area contributed by atoms with Gasteiger partial charge in [-0.3, -0.25) is 4.79 Å². The van der Waals surface area contributed by atoms with Crippen LogP contribution in [0.25, 0.3) is 10.1 Å². The molecule has 0 aliphatic carbocycles. The smallest absolute Gasteiger partial charge is 0.349 e. The zero-order valence-electron chi connectivity index (χ0n) is 16.2. The molecule has 1 amide bonds. The number of carbonyl (C=O) groups excluding carboxylic acids is 2. The number of primary amides is 1. The number of hydrogen-bond donors (Lipinski definition) is 1. The Kier molecular flexibility index (Phi) is 7.78. The molecule has 0 saturated carbocycles. The standard InChI is InChI=1S/C20H17ClF2NO5PS/c1-2-29-30-9-28-20(26)18-11(16-12(21)4-3-5-15(16)31-18)8-27-17-13(22)6-10(19(24)25)7-14(17)23/h3-7,30H,2,8-9H2,1H3,(H2,24,25). The molecule has 2 N–H and O–H groups in total. The lowest BCUT2D eigenvalue weighted by Gasteiger charge is -2.11. The van der Waals surface area contributed by atoms with E-state index in [4.69, 9.17) is 31.3 Å². The lowest BCUT2D eigenvalue weighted by Crippen LogP contribution is -2.13. The van der Waals surface area contributed by atoms with Crippen LogP contribution in [0.15, 0.2) is 30.3 Å². The number of amides is 1. The van der Waals surface area contributed by atoms with E-state index >= 15 is 0 Å². The number of thiophene rings is 1. The molecule has 3 aromatic rings. The second kappa shape index (κ2) is 10.3. The number of halogens is 3. The van der Waals surface area contributed by atoms with E-state index in [1.54, 1.807) is 18.2 Å². The van der Waals surface area contributed by atoms with Gasteiger partial charge < -0.3 is 19.7 Å². The quantitative estimate of drug-likeness (QED) is 0.253. The Hall–Kier alpha value is -2.32. The molecule has 0 aliphatic heterocycles. The first-order valence-electron chi connectivity index (χ1n) is 8.96. The highest BCUT2D eigenvalue weighted by atomic mass is 35.5. The summed E-state index contributed by atoms with van der Waals surface area (Å²) in [7, 11) is -0.00781. The molecular weight excluding hydrogens is 471 g/mol. The molecule has 3 rings (SSSR count). The molecule has 0 bridgehead atoms. The number of fused-ring (bicyclic) bond motifs is 1. The molecule has 1 unspecified atom stereocenters. The third kappa shape index (κ3) is 5.30. The number of ether oxygens (including phenoxy) is 2. The van der Waals surface area contributed by atoms with Gasteiger partial charge in [0.25, 0.3) is 0 Å². The highest BCUT2D eigenvalue weighted by molar-refractivity contribution is 7.32. The summed E-state index contributed by atoms with van der Waals surface area (Å²) in [5, 5.41) is 0.885. The van der Waals surface area contributed by atoms with Crippen molar-refractivity contribution in [3.8, 4) is 5.75 Å². The van der Waals surface area contributed by atoms with Crippen molar-refractivity contribution >= 4 is 53.7 Å². The van der Waals surface area contributed by atoms with Crippen LogP contribution in [-0.2, 0) is 15.9 Å². The highest BCUT2D eigenvalue weighted by Crippen LogP contribution is 2.38. The largest absolute Gasteiger partial charge is 0.483 e. The van der Waals surface area contributed by atoms with E-state index < -0.39 is 29.3 Å². The second-order valence-corrected chi connectivity index (χ2v) is 8.42. The first-order chi connectivity index (χ1) is 14.8. The van der Waals surface area contributed by atoms with Gasteiger partial charge in [-0.15, -0.1) is 11.3 Å². The van der Waals surface area contributed by atoms with Gasteiger partial charge in [-0.05, 0) is 31.2 Å². The van der Waals surface area contributed by atoms with Crippen LogP contribution in [0.3, 0.4) is 0 Å². The van der Waals surface area contributed by atoms with Gasteiger partial charge in [-0.2, -0.15) is 0 Å². The first-order valence-corrected chi connectivity index (χ1v) is 11.3. The monoisotopic (exact) mass is 487 g/mol. The molecule has 0 spiro atoms. The zero-order chi connectivity index (χ0) is 22.5. The number of benzene rings is 2. The van der Waals surface area contributed by atoms with Gasteiger partial charge in [0, 0.05) is 32.8 Å². The van der Waals surface area contributed by atoms with Crippen LogP contribution in [-0.4, -0.2) is 24.8 Å². The van der Waals surface area contributed by atoms with Gasteiger partial charge in [-0.25, -0.2) is 13.6 Å². The minimum Gasteiger partial charge on any atom is -0.483 e. The van der Waals surface area contributed by atoms with Crippen LogP contribution in [0.1, 0.15) is 32.5 Å². The summed E-state index contributed by atoms with van der Waals surface area (Å²) in [4.78, 5) is 24.0. The van der Waals surface area contributed by atoms with E-state index in [1.807, 2.05) is 6.92 Å². The summed E-state index contributed by atoms with van der Waals surface area (Å²) in [5.74, 6) is -4.48. The normalized spacial score (nSPS) is 11.4. The number of nitrogens with two attached hydrogens (primary N) is 1. The predicted molar refractivity (Wildman–Crippen MR) is 116 cm³/mol. The Morgan fingerprint density at radius 1 is 1.23 bits per heavy atom. The van der Waals surface area contributed by atoms with Crippen LogP contribution in [0, 0.1) is 11.6 Å². The molecule has 1 aromatic heterocycles. The number of rotatable bonds is 9. The van der Waals surface area contributed by atoms with Gasteiger partial charge in [0.15, 0.2) is 17.4 Å². The van der Waals surface area contributed by atoms with Crippen molar-refractivity contribution in [1.29, 1.82) is 0 Å². The zero-order valence-corrected chi connectivity index (χ0v) is 18.7. The third-order valence-electron chi connectivity index (χ3n) is 4.10. The van der Waals surface area contributed by atoms with Crippen molar-refractivity contribution in [3.05, 3.63) is 63.0 Å². The molecule has 1 atom stereocenters. The Morgan fingerprint density at radius 3 is 2.58 bits per heavy atom. The molecule has 31 heavy (non-hydrogen) atoms. The Labute approximate surface area is 187 Å². The van der Waals surface area contributed by atoms with Gasteiger partial charge in [0.2, 0.25) is 5.91 Å². The highest BCUT2D eigenvalue weighted by Gasteiger charge is 2.23. The first kappa shape index (κ1) is 23.3. The molecule has 0 radical (unpaired) electrons. The average Bonchev–Trinajstić information content (AvgIpc) is 3.10. The van der Waals surface area contributed by atoms with Crippen LogP contribution < -0.4 is 10.5 Å². The third-order valence-corrected chi connectivity index (χ3v) is 6.35. The van der Waals surface area contributed by atoms with Crippen LogP contribution >= 0.6 is 31.7 Å². The topological polar surface area (TPSA) is 87.8 Å². The summed E-state index contributed by atoms with van der Waals surface area (Å²) >= 11 is 7.44. The van der Waals surface area contributed by atoms with E-state index in [-0.39, 0.29) is 32.2 Å². The van der Waals surface area contributed by atoms with E-state index in [0.717, 1.165) is 23.5 Å². The van der Waals surface area contributed by atoms with Gasteiger partial charge in [0.1, 0.15) is 17.8 Å². The lowest BCUT2D eigenvalue weighted by atomic mass is 10.1. The fourth-order valence-electron chi connectivity index (χ4n) is 2.76. The van der Waals surface area contributed by atoms with Crippen LogP contribution in [0.2, 0.25) is 5.02 Å². The minimum atomic E-state index is -1.10. The van der Waals surface area contributed by atoms with E-state index in [1.165, 1.54) is 0 Å². The second-order valence-electron chi connectivity index (χ2n) is 6.10. The van der Waals surface area contributed by atoms with E-state index in [9.17, 15) is 18.4 Å². The number of carbonyl (C=O) groups is 2. The van der Waals surface area contributed by atoms with Gasteiger partial charge in [0.05, 0.1) is 8.81 Å². The maximum Gasteiger partial charge on any atom is 0.349 e. The lowest BCUT2D eigenvalue weighted by molar-refractivity contribution is 0.0573. The SMILES string of the molecule is CCOPCOC(=O)c1sc2cccc(Cl)c2c1COc1c(F)cc(C(N)=O)cc1F. The molecule has 2 aromatic carbocycles. The van der Waals surface area contributed by atoms with Gasteiger partial charge in [-0.1, -0.05) is 17.7 Å². The van der Waals surface area contributed by atoms with Crippen molar-refractivity contribution in [2.45, 2.75) is 13.5 Å². The average molecular weight is 488 g/mol. The number of esters is 1. The molecule has 11 heteroatoms. The Morgan fingerprint density at radius 2 is 1.94 bits per heavy atom. The summed E-state index contributed by atoms with van der Waals surface area (Å²) in [5.41, 5.74) is 5.07. The van der Waals surface area contributed by atoms with Crippen molar-refractivity contribution in [2.24, 2.45) is 5.73 Å². The van der Waals surface area contributed by atoms with E-state index in [0.29, 0.717) is 27.3 Å². The predicted octanol–water partition coefficient (Wildman–Crippen LogP) is 5.26. The van der Waals surface area contributed by atoms with Crippen molar-refractivity contribution in [2.75, 3.05) is 13.0 Å². The van der Waals surface area contributed by atoms with Crippen LogP contribution in [0.5, 0.6) is 5.75 Å². The van der Waals surface area contributed by atoms with Crippen molar-refractivity contribution < 1.29 is 32.4 Å². The molecule has 1 heterocycles.